The fourth-order valence-electron chi connectivity index (χ4n) is 4.91. The molecule has 3 unspecified atom stereocenters. The molecule has 0 spiro atoms. The van der Waals surface area contributed by atoms with Crippen molar-refractivity contribution < 1.29 is 19.0 Å². The molecule has 1 fully saturated rings. The molecule has 1 aliphatic rings. The Bertz CT molecular complexity index is 514. The molecule has 156 valence electrons. The first-order valence-corrected chi connectivity index (χ1v) is 12.0. The Labute approximate surface area is 165 Å². The summed E-state index contributed by atoms with van der Waals surface area (Å²) in [5.41, 5.74) is -0.780. The summed E-state index contributed by atoms with van der Waals surface area (Å²) in [5.74, 6) is -1.24. The van der Waals surface area contributed by atoms with Gasteiger partial charge in [-0.2, -0.15) is 0 Å². The second kappa shape index (κ2) is 11.3. The van der Waals surface area contributed by atoms with Gasteiger partial charge in [0.1, 0.15) is 0 Å². The van der Waals surface area contributed by atoms with Gasteiger partial charge in [-0.25, -0.2) is 0 Å². The number of hydrogen-bond donors (Lipinski definition) is 1. The number of rotatable bonds is 13. The molecular formula is C21H38NO4P. The molecule has 0 aromatic rings. The lowest BCUT2D eigenvalue weighted by molar-refractivity contribution is -0.181. The van der Waals surface area contributed by atoms with Crippen LogP contribution < -0.4 is 10.2 Å². The molecule has 2 amide bonds. The van der Waals surface area contributed by atoms with Gasteiger partial charge in [0.2, 0.25) is 11.1 Å². The molecule has 0 saturated carbocycles. The summed E-state index contributed by atoms with van der Waals surface area (Å²) in [6.45, 7) is 8.23. The molecule has 3 atom stereocenters. The van der Waals surface area contributed by atoms with E-state index in [0.717, 1.165) is 44.9 Å². The van der Waals surface area contributed by atoms with Gasteiger partial charge in [0.25, 0.3) is 5.91 Å². The van der Waals surface area contributed by atoms with E-state index in [1.54, 1.807) is 0 Å². The normalized spacial score (nSPS) is 25.4. The Morgan fingerprint density at radius 2 is 1.37 bits per heavy atom. The van der Waals surface area contributed by atoms with E-state index in [1.807, 2.05) is 6.92 Å². The lowest BCUT2D eigenvalue weighted by Gasteiger charge is -2.51. The summed E-state index contributed by atoms with van der Waals surface area (Å²) < 4.78 is 12.7. The summed E-state index contributed by atoms with van der Waals surface area (Å²) in [6, 6.07) is 0. The molecule has 6 heteroatoms. The molecule has 0 aliphatic carbocycles. The predicted molar refractivity (Wildman–Crippen MR) is 108 cm³/mol. The maximum absolute atomic E-state index is 13.1. The van der Waals surface area contributed by atoms with Crippen molar-refractivity contribution in [2.75, 3.05) is 0 Å². The van der Waals surface area contributed by atoms with E-state index in [4.69, 9.17) is 0 Å². The summed E-state index contributed by atoms with van der Waals surface area (Å²) in [4.78, 5) is 38.8. The van der Waals surface area contributed by atoms with Gasteiger partial charge in [-0.1, -0.05) is 77.2 Å². The van der Waals surface area contributed by atoms with E-state index in [1.165, 1.54) is 0 Å². The number of piperidine rings is 1. The van der Waals surface area contributed by atoms with E-state index >= 15 is 0 Å². The topological polar surface area (TPSA) is 86.3 Å². The highest BCUT2D eigenvalue weighted by atomic mass is 31.1. The fraction of sp³-hybridized carbons (Fsp3) is 0.905. The number of amides is 2. The monoisotopic (exact) mass is 399 g/mol. The Hall–Kier alpha value is -0.800. The van der Waals surface area contributed by atoms with Crippen LogP contribution in [0.15, 0.2) is 0 Å². The number of nitrogens with one attached hydrogen (secondary N) is 1. The smallest absolute Gasteiger partial charge is 0.326 e. The van der Waals surface area contributed by atoms with Gasteiger partial charge in [-0.15, -0.1) is 0 Å². The van der Waals surface area contributed by atoms with Crippen LogP contribution in [0, 0.1) is 11.3 Å². The molecule has 0 bridgehead atoms. The minimum atomic E-state index is -3.00. The lowest BCUT2D eigenvalue weighted by Crippen LogP contribution is -2.68. The third-order valence-corrected chi connectivity index (χ3v) is 7.92. The Kier molecular flexibility index (Phi) is 10.1. The SMILES string of the molecule is CCCCC1C(=O)NC(=O)C(CCCC)([P+](=O)[O-])C1(CCCC)CCCC. The molecule has 1 saturated heterocycles. The van der Waals surface area contributed by atoms with Crippen LogP contribution in [0.25, 0.3) is 0 Å². The van der Waals surface area contributed by atoms with Crippen molar-refractivity contribution >= 4 is 19.8 Å². The van der Waals surface area contributed by atoms with Crippen LogP contribution in [0.2, 0.25) is 0 Å². The van der Waals surface area contributed by atoms with Gasteiger partial charge >= 0.3 is 8.03 Å². The highest BCUT2D eigenvalue weighted by molar-refractivity contribution is 7.40. The zero-order valence-corrected chi connectivity index (χ0v) is 18.5. The quantitative estimate of drug-likeness (QED) is 0.354. The van der Waals surface area contributed by atoms with Gasteiger partial charge in [-0.05, 0) is 25.7 Å². The van der Waals surface area contributed by atoms with Crippen LogP contribution in [0.5, 0.6) is 0 Å². The number of carbonyl (C=O) groups excluding carboxylic acids is 2. The maximum atomic E-state index is 13.1. The Balaban J connectivity index is 3.63. The van der Waals surface area contributed by atoms with E-state index in [0.29, 0.717) is 32.1 Å². The molecule has 0 aromatic heterocycles. The van der Waals surface area contributed by atoms with Crippen LogP contribution in [0.3, 0.4) is 0 Å². The largest absolute Gasteiger partial charge is 0.595 e. The van der Waals surface area contributed by atoms with Crippen molar-refractivity contribution in [1.82, 2.24) is 5.32 Å². The lowest BCUT2D eigenvalue weighted by atomic mass is 9.56. The molecule has 27 heavy (non-hydrogen) atoms. The minimum absolute atomic E-state index is 0.260. The van der Waals surface area contributed by atoms with E-state index in [9.17, 15) is 19.0 Å². The summed E-state index contributed by atoms with van der Waals surface area (Å²) in [5, 5.41) is 1.00. The second-order valence-electron chi connectivity index (χ2n) is 8.10. The van der Waals surface area contributed by atoms with Crippen molar-refractivity contribution in [1.29, 1.82) is 0 Å². The van der Waals surface area contributed by atoms with E-state index < -0.39 is 30.4 Å². The van der Waals surface area contributed by atoms with Crippen molar-refractivity contribution in [2.45, 2.75) is 110 Å². The maximum Gasteiger partial charge on any atom is 0.326 e. The summed E-state index contributed by atoms with van der Waals surface area (Å²) in [6.07, 6.45) is 9.05. The average molecular weight is 400 g/mol. The van der Waals surface area contributed by atoms with Crippen molar-refractivity contribution in [3.63, 3.8) is 0 Å². The zero-order valence-electron chi connectivity index (χ0n) is 17.6. The van der Waals surface area contributed by atoms with Crippen LogP contribution in [0.1, 0.15) is 105 Å². The second-order valence-corrected chi connectivity index (χ2v) is 9.38. The first-order chi connectivity index (χ1) is 12.9. The zero-order chi connectivity index (χ0) is 20.5. The molecule has 1 heterocycles. The molecular weight excluding hydrogens is 361 g/mol. The number of unbranched alkanes of at least 4 members (excludes halogenated alkanes) is 4. The van der Waals surface area contributed by atoms with Gasteiger partial charge in [0.15, 0.2) is 0 Å². The third kappa shape index (κ3) is 4.79. The standard InChI is InChI=1S/C21H38NO4P/c1-5-9-13-17-18(23)22-19(24)21(27(25)26,16-12-8-4)20(17,14-10-6-2)15-11-7-3/h17H,5-16H2,1-4H3,(H,22,23,24). The highest BCUT2D eigenvalue weighted by Gasteiger charge is 2.71. The van der Waals surface area contributed by atoms with Crippen LogP contribution in [-0.4, -0.2) is 17.0 Å². The minimum Gasteiger partial charge on any atom is -0.595 e. The van der Waals surface area contributed by atoms with Crippen molar-refractivity contribution in [3.8, 4) is 0 Å². The average Bonchev–Trinajstić information content (AvgIpc) is 2.63. The molecule has 0 aromatic carbocycles. The van der Waals surface area contributed by atoms with E-state index in [2.05, 4.69) is 26.1 Å². The van der Waals surface area contributed by atoms with Crippen LogP contribution >= 0.6 is 8.03 Å². The molecule has 0 radical (unpaired) electrons. The van der Waals surface area contributed by atoms with Crippen LogP contribution in [-0.2, 0) is 14.2 Å². The molecule has 1 N–H and O–H groups in total. The number of imide groups is 1. The molecule has 1 rings (SSSR count). The van der Waals surface area contributed by atoms with Crippen molar-refractivity contribution in [3.05, 3.63) is 0 Å². The Morgan fingerprint density at radius 1 is 0.889 bits per heavy atom. The fourth-order valence-corrected chi connectivity index (χ4v) is 6.21. The van der Waals surface area contributed by atoms with Gasteiger partial charge in [0.05, 0.1) is 0 Å². The van der Waals surface area contributed by atoms with E-state index in [-0.39, 0.29) is 5.91 Å². The van der Waals surface area contributed by atoms with Gasteiger partial charge in [-0.3, -0.25) is 14.9 Å². The first kappa shape index (κ1) is 24.2. The molecule has 1 aliphatic heterocycles. The summed E-state index contributed by atoms with van der Waals surface area (Å²) in [7, 11) is -3.00. The molecule has 5 nitrogen and oxygen atoms in total. The first-order valence-electron chi connectivity index (χ1n) is 10.9. The van der Waals surface area contributed by atoms with Gasteiger partial charge < -0.3 is 4.89 Å². The van der Waals surface area contributed by atoms with Crippen molar-refractivity contribution in [2.24, 2.45) is 11.3 Å². The predicted octanol–water partition coefficient (Wildman–Crippen LogP) is 4.85. The Morgan fingerprint density at radius 3 is 1.81 bits per heavy atom. The highest BCUT2D eigenvalue weighted by Crippen LogP contribution is 2.61. The summed E-state index contributed by atoms with van der Waals surface area (Å²) >= 11 is 0. The van der Waals surface area contributed by atoms with Gasteiger partial charge in [0, 0.05) is 17.8 Å². The van der Waals surface area contributed by atoms with Crippen LogP contribution in [0.4, 0.5) is 0 Å². The number of carbonyl (C=O) groups is 2. The number of hydrogen-bond acceptors (Lipinski definition) is 4. The third-order valence-electron chi connectivity index (χ3n) is 6.42.